The number of phosphoric acid groups is 2. The molecule has 11 rings (SSSR count). The molecule has 0 bridgehead atoms. The highest BCUT2D eigenvalue weighted by molar-refractivity contribution is 8.45. The quantitative estimate of drug-likeness (QED) is 0.00786. The zero-order valence-corrected chi connectivity index (χ0v) is 74.6. The molecule has 6 aromatic heterocycles. The molecule has 1 amide bonds. The van der Waals surface area contributed by atoms with Gasteiger partial charge >= 0.3 is 41.7 Å². The van der Waals surface area contributed by atoms with Crippen molar-refractivity contribution in [3.63, 3.8) is 0 Å². The number of nitrogens with one attached hydrogen (secondary N) is 1. The number of hydrogen-bond acceptors (Lipinski definition) is 46. The number of aryl methyl sites for hydroxylation is 1. The lowest BCUT2D eigenvalue weighted by molar-refractivity contribution is -0.114. The molecule has 698 valence electrons. The largest absolute Gasteiger partial charge is 0.472 e. The third-order valence-electron chi connectivity index (χ3n) is 19.4. The van der Waals surface area contributed by atoms with Gasteiger partial charge in [0.25, 0.3) is 0 Å². The lowest BCUT2D eigenvalue weighted by Crippen LogP contribution is -2.43. The molecule has 0 aromatic carbocycles. The van der Waals surface area contributed by atoms with Crippen molar-refractivity contribution in [3.8, 4) is 0 Å². The van der Waals surface area contributed by atoms with Crippen molar-refractivity contribution < 1.29 is 164 Å². The van der Waals surface area contributed by atoms with E-state index >= 15 is 9.13 Å². The number of aliphatic hydroxyl groups is 1. The number of aldehydes is 1. The van der Waals surface area contributed by atoms with Crippen molar-refractivity contribution >= 4 is 131 Å². The molecule has 0 saturated carbocycles. The second-order valence-electron chi connectivity index (χ2n) is 27.7. The maximum absolute atomic E-state index is 15.4. The summed E-state index contributed by atoms with van der Waals surface area (Å²) >= 11 is 12.4. The van der Waals surface area contributed by atoms with Gasteiger partial charge in [0.2, 0.25) is 5.91 Å². The Hall–Kier alpha value is -5.85. The molecule has 25 atom stereocenters. The van der Waals surface area contributed by atoms with Gasteiger partial charge in [0.1, 0.15) is 133 Å². The average Bonchev–Trinajstić information content (AvgIpc) is 1.62. The molecule has 6 aromatic rings. The summed E-state index contributed by atoms with van der Waals surface area (Å²) in [6, 6.07) is 0. The number of ether oxygens (including phenoxy) is 15. The number of primary amides is 1. The van der Waals surface area contributed by atoms with E-state index in [0.29, 0.717) is 11.8 Å². The highest BCUT2D eigenvalue weighted by Gasteiger charge is 2.58. The zero-order chi connectivity index (χ0) is 90.5. The number of carbonyl (C=O) groups is 2. The Morgan fingerprint density at radius 2 is 0.880 bits per heavy atom. The van der Waals surface area contributed by atoms with E-state index in [9.17, 15) is 47.9 Å². The van der Waals surface area contributed by atoms with Crippen LogP contribution >= 0.6 is 72.8 Å². The molecule has 5 aliphatic heterocycles. The number of nitrogens with zero attached hydrogens (tertiary/aromatic N) is 12. The molecule has 0 spiro atoms. The van der Waals surface area contributed by atoms with Gasteiger partial charge < -0.3 is 125 Å². The molecule has 125 heavy (non-hydrogen) atoms. The van der Waals surface area contributed by atoms with Crippen LogP contribution in [0.5, 0.6) is 0 Å². The molecule has 11 heterocycles. The van der Waals surface area contributed by atoms with Crippen molar-refractivity contribution in [2.45, 2.75) is 137 Å². The van der Waals surface area contributed by atoms with Gasteiger partial charge in [0.15, 0.2) is 60.4 Å². The summed E-state index contributed by atoms with van der Waals surface area (Å²) in [5, 5.41) is 14.6. The molecule has 14 unspecified atom stereocenters. The minimum atomic E-state index is -5.79. The number of rotatable bonds is 51. The van der Waals surface area contributed by atoms with Gasteiger partial charge in [-0.05, 0) is 13.8 Å². The topological polar surface area (TPSA) is 704 Å². The van der Waals surface area contributed by atoms with Gasteiger partial charge in [-0.3, -0.25) is 68.6 Å². The first-order chi connectivity index (χ1) is 59.4. The van der Waals surface area contributed by atoms with Crippen LogP contribution in [-0.4, -0.2) is 323 Å². The van der Waals surface area contributed by atoms with E-state index in [0.717, 1.165) is 34.3 Å². The smallest absolute Gasteiger partial charge is 0.387 e. The number of fused-ring (bicyclic) bond motifs is 2. The lowest BCUT2D eigenvalue weighted by atomic mass is 10.1. The van der Waals surface area contributed by atoms with Crippen LogP contribution in [0.15, 0.2) is 54.4 Å². The summed E-state index contributed by atoms with van der Waals surface area (Å²) in [5.74, 6) is -1.43. The van der Waals surface area contributed by atoms with Crippen LogP contribution in [0, 0.1) is 6.92 Å². The third-order valence-corrected chi connectivity index (χ3v) is 25.4. The lowest BCUT2D eigenvalue weighted by Gasteiger charge is -2.29. The number of thiol groups is 3. The summed E-state index contributed by atoms with van der Waals surface area (Å²) in [5.41, 5.74) is 29.7. The number of hydrogen-bond donors (Lipinski definition) is 13. The molecule has 0 radical (unpaired) electrons. The second kappa shape index (κ2) is 44.4. The Kier molecular flexibility index (Phi) is 35.4. The fourth-order valence-corrected chi connectivity index (χ4v) is 18.9. The molecule has 5 fully saturated rings. The summed E-state index contributed by atoms with van der Waals surface area (Å²) in [6.07, 6.45) is -23.6. The van der Waals surface area contributed by atoms with E-state index in [1.54, 1.807) is 6.92 Å². The summed E-state index contributed by atoms with van der Waals surface area (Å²) in [4.78, 5) is 105. The number of anilines is 4. The van der Waals surface area contributed by atoms with E-state index in [-0.39, 0.29) is 123 Å². The van der Waals surface area contributed by atoms with Crippen molar-refractivity contribution in [2.75, 3.05) is 158 Å². The standard InChI is InChI=1S/C63H97N18O36P5S3/c1-31(55(68)84)18-69-58-47(100-14-9-95-4)42(116-122(93,125)108-25-38-45(50(103-17-12-98-7)62(113-38)81-30-76-40-53(66)71-27-73-57(40)81)117-121(92,124)107-21-34-41(83)46(99-13-8-94-3)59(110-34)78-19-32(2)51(64)77-63(78)85)35(109-58)22-104-118(86,87)114-43-36(111-60(48(43)101-15-10-96-5)79-28-74-33(20-82)54(79)67)23-105-119(88,89)115-44-37(24-106-120(90,91)123)112-61(49(44)102-16-11-97-6)80-29-75-39-52(65)70-26-72-56(39)80/h18-20,26-30,34-38,41-50,58-62,69,83H,8-17,21-25,67H2,1-7H3,(H2,68,84)(H,86,87)(H,88,89)(H,92,124)(H,93,125)(H2,64,77,85)(H2,65,70,72)(H2,66,71,73)(H2,90,91,123)/b31-18-/t34-,35-,36-,37-,38-,41+,42?,43?,44?,45?,46?,47?,48?,49?,50?,58-,59-,60-,61-,62-,121?,122?/m1/s1. The molecule has 15 N–H and O–H groups in total. The molecule has 62 heteroatoms. The first-order valence-electron chi connectivity index (χ1n) is 37.5. The highest BCUT2D eigenvalue weighted by Crippen LogP contribution is 2.61. The van der Waals surface area contributed by atoms with Crippen LogP contribution in [0.2, 0.25) is 0 Å². The maximum Gasteiger partial charge on any atom is 0.472 e. The molecular weight excluding hydrogens is 1840 g/mol. The Bertz CT molecular complexity index is 4980. The summed E-state index contributed by atoms with van der Waals surface area (Å²) < 4.78 is 219. The van der Waals surface area contributed by atoms with Crippen LogP contribution in [0.4, 0.5) is 23.3 Å². The predicted molar refractivity (Wildman–Crippen MR) is 435 cm³/mol. The fourth-order valence-electron chi connectivity index (χ4n) is 13.4. The number of phosphoric ester groups is 2. The Labute approximate surface area is 725 Å². The molecule has 5 aliphatic rings. The summed E-state index contributed by atoms with van der Waals surface area (Å²) in [7, 11) is -4.65. The van der Waals surface area contributed by atoms with Gasteiger partial charge in [-0.2, -0.15) is 4.98 Å². The van der Waals surface area contributed by atoms with Gasteiger partial charge in [0.05, 0.1) is 118 Å². The van der Waals surface area contributed by atoms with Crippen molar-refractivity contribution in [1.29, 1.82) is 0 Å². The minimum Gasteiger partial charge on any atom is -0.387 e. The Morgan fingerprint density at radius 3 is 1.32 bits per heavy atom. The number of aliphatic hydroxyl groups excluding tert-OH is 1. The minimum absolute atomic E-state index is 0.0486. The highest BCUT2D eigenvalue weighted by atomic mass is 32.7. The number of nitrogen functional groups attached to an aromatic ring is 4. The number of aromatic nitrogens is 12. The molecule has 54 nitrogen and oxygen atoms in total. The second-order valence-corrected chi connectivity index (χ2v) is 39.0. The van der Waals surface area contributed by atoms with E-state index in [2.05, 4.69) is 81.9 Å². The fraction of sp³-hybridized carbons (Fsp3) is 0.667. The zero-order valence-electron chi connectivity index (χ0n) is 67.5. The van der Waals surface area contributed by atoms with Crippen LogP contribution in [0.25, 0.3) is 22.3 Å². The first kappa shape index (κ1) is 99.7. The van der Waals surface area contributed by atoms with Gasteiger partial charge in [0, 0.05) is 59.1 Å². The number of carbonyl (C=O) groups excluding carboxylic acids is 2. The normalized spacial score (nSPS) is 29.6. The molecular formula is C63H97N18O36P5S3. The van der Waals surface area contributed by atoms with E-state index in [4.69, 9.17) is 140 Å². The number of methoxy groups -OCH3 is 5. The molecule has 0 aliphatic carbocycles. The van der Waals surface area contributed by atoms with Gasteiger partial charge in [-0.25, -0.2) is 62.5 Å². The van der Waals surface area contributed by atoms with E-state index in [1.807, 2.05) is 0 Å². The van der Waals surface area contributed by atoms with Crippen molar-refractivity contribution in [3.05, 3.63) is 71.3 Å². The van der Waals surface area contributed by atoms with E-state index in [1.165, 1.54) is 70.5 Å². The van der Waals surface area contributed by atoms with Crippen LogP contribution in [0.1, 0.15) is 47.9 Å². The van der Waals surface area contributed by atoms with Crippen molar-refractivity contribution in [1.82, 2.24) is 63.5 Å². The third kappa shape index (κ3) is 25.3. The SMILES string of the molecule is COCCOC1C(OP(=O)(S)OC[C@H]2O[C@@H](n3cnc4c(N)ncnc43)C(OCCOC)C2OP(=O)(S)OC[C@H]2O[C@@H](n3cc(C)c(N)nc3=O)C(OCCOC)[C@H]2O)[C@@H](COP(=O)(O)OC2C(OCCOC)[C@H](n3cnc(C=O)c3N)O[C@@H]2COP(=O)(O)OC2C(OCCOC)[C@H](n3cnc4c(N)ncnc43)O[C@@H]2COP(=O)(O)S)O[C@H]1N/C=C(/C)C(N)=O. The van der Waals surface area contributed by atoms with Gasteiger partial charge in [-0.1, -0.05) is 36.7 Å². The van der Waals surface area contributed by atoms with Crippen LogP contribution in [-0.2, 0) is 139 Å². The van der Waals surface area contributed by atoms with E-state index < -0.39 is 203 Å². The monoisotopic (exact) mass is 1930 g/mol. The van der Waals surface area contributed by atoms with Crippen LogP contribution < -0.4 is 39.7 Å². The number of imidazole rings is 3. The van der Waals surface area contributed by atoms with Gasteiger partial charge in [-0.15, -0.1) is 0 Å². The molecule has 5 saturated heterocycles. The maximum atomic E-state index is 15.4. The number of amides is 1. The average molecular weight is 1930 g/mol. The Balaban J connectivity index is 0.878. The predicted octanol–water partition coefficient (Wildman–Crippen LogP) is 0.0122. The first-order valence-corrected chi connectivity index (χ1v) is 48.6. The van der Waals surface area contributed by atoms with Crippen molar-refractivity contribution in [2.24, 2.45) is 5.73 Å². The van der Waals surface area contributed by atoms with Crippen LogP contribution in [0.3, 0.4) is 0 Å². The number of nitrogens with two attached hydrogens (primary N) is 5. The Morgan fingerprint density at radius 1 is 0.496 bits per heavy atom. The summed E-state index contributed by atoms with van der Waals surface area (Å²) in [6.45, 7) is -18.1.